The summed E-state index contributed by atoms with van der Waals surface area (Å²) in [6.07, 6.45) is 1.40. The number of hydrogen-bond donors (Lipinski definition) is 1. The van der Waals surface area contributed by atoms with Crippen molar-refractivity contribution in [2.75, 3.05) is 18.6 Å². The van der Waals surface area contributed by atoms with Crippen LogP contribution in [-0.2, 0) is 35.6 Å². The van der Waals surface area contributed by atoms with Crippen LogP contribution in [0.4, 0.5) is 5.69 Å². The highest BCUT2D eigenvalue weighted by Gasteiger charge is 2.38. The lowest BCUT2D eigenvalue weighted by Gasteiger charge is -2.18. The molecule has 3 aromatic rings. The number of carbonyl (C=O) groups excluding carboxylic acids is 3. The molecule has 0 spiro atoms. The van der Waals surface area contributed by atoms with Crippen molar-refractivity contribution in [1.82, 2.24) is 4.72 Å². The van der Waals surface area contributed by atoms with Crippen LogP contribution in [0.3, 0.4) is 0 Å². The van der Waals surface area contributed by atoms with E-state index < -0.39 is 27.9 Å². The lowest BCUT2D eigenvalue weighted by Crippen LogP contribution is -2.24. The molecule has 1 aliphatic rings. The number of benzene rings is 2. The van der Waals surface area contributed by atoms with Gasteiger partial charge in [-0.3, -0.25) is 9.69 Å². The van der Waals surface area contributed by atoms with E-state index in [1.807, 2.05) is 0 Å². The number of rotatable bonds is 9. The molecule has 40 heavy (non-hydrogen) atoms. The van der Waals surface area contributed by atoms with E-state index in [1.165, 1.54) is 42.4 Å². The topological polar surface area (TPSA) is 132 Å². The highest BCUT2D eigenvalue weighted by atomic mass is 79.9. The van der Waals surface area contributed by atoms with E-state index in [1.54, 1.807) is 50.2 Å². The Kier molecular flexibility index (Phi) is 8.72. The molecular formula is C28H25BrN2O8S. The van der Waals surface area contributed by atoms with Gasteiger partial charge in [-0.25, -0.2) is 22.7 Å². The first-order valence-electron chi connectivity index (χ1n) is 12.0. The molecule has 2 aromatic carbocycles. The first-order valence-corrected chi connectivity index (χ1v) is 14.3. The second-order valence-corrected chi connectivity index (χ2v) is 11.2. The number of anilines is 1. The zero-order chi connectivity index (χ0) is 29.0. The molecule has 1 aliphatic heterocycles. The molecule has 0 saturated carbocycles. The minimum atomic E-state index is -3.78. The van der Waals surface area contributed by atoms with E-state index >= 15 is 0 Å². The number of esters is 2. The summed E-state index contributed by atoms with van der Waals surface area (Å²) in [5.41, 5.74) is 1.18. The number of nitrogens with one attached hydrogen (secondary N) is 1. The second-order valence-electron chi connectivity index (χ2n) is 8.50. The van der Waals surface area contributed by atoms with Crippen molar-refractivity contribution in [3.05, 3.63) is 99.1 Å². The number of halogens is 1. The van der Waals surface area contributed by atoms with Gasteiger partial charge in [0.15, 0.2) is 0 Å². The SMILES string of the molecule is CCOC(=O)c1ccc(N2C(=O)/C(=C/c3ccc(CNS(=O)(=O)c4ccc(Br)cc4)o3)C(C(=O)OC)=C2C)cc1. The summed E-state index contributed by atoms with van der Waals surface area (Å²) in [5.74, 6) is -1.18. The predicted octanol–water partition coefficient (Wildman–Crippen LogP) is 4.57. The third kappa shape index (κ3) is 6.09. The van der Waals surface area contributed by atoms with Gasteiger partial charge in [0.2, 0.25) is 10.0 Å². The van der Waals surface area contributed by atoms with Crippen LogP contribution in [0.1, 0.15) is 35.7 Å². The zero-order valence-electron chi connectivity index (χ0n) is 21.8. The molecule has 0 fully saturated rings. The standard InChI is InChI=1S/C28H25BrN2O8S/c1-4-38-27(33)18-5-9-20(10-6-18)31-17(2)25(28(34)37-3)24(26(31)32)15-21-11-12-22(39-21)16-30-40(35,36)23-13-7-19(29)8-14-23/h5-15,30H,4,16H2,1-3H3/b24-15+. The van der Waals surface area contributed by atoms with Crippen molar-refractivity contribution in [2.24, 2.45) is 0 Å². The Balaban J connectivity index is 1.58. The van der Waals surface area contributed by atoms with Gasteiger partial charge in [0.05, 0.1) is 41.9 Å². The van der Waals surface area contributed by atoms with Crippen LogP contribution in [0.25, 0.3) is 6.08 Å². The highest BCUT2D eigenvalue weighted by Crippen LogP contribution is 2.35. The van der Waals surface area contributed by atoms with Gasteiger partial charge in [0.25, 0.3) is 5.91 Å². The van der Waals surface area contributed by atoms with Gasteiger partial charge >= 0.3 is 11.9 Å². The Morgan fingerprint density at radius 1 is 1.02 bits per heavy atom. The molecule has 0 bridgehead atoms. The fourth-order valence-electron chi connectivity index (χ4n) is 4.02. The summed E-state index contributed by atoms with van der Waals surface area (Å²) in [7, 11) is -2.57. The van der Waals surface area contributed by atoms with E-state index in [0.29, 0.717) is 22.7 Å². The lowest BCUT2D eigenvalue weighted by atomic mass is 10.1. The summed E-state index contributed by atoms with van der Waals surface area (Å²) in [5, 5.41) is 0. The van der Waals surface area contributed by atoms with Crippen molar-refractivity contribution in [2.45, 2.75) is 25.3 Å². The Labute approximate surface area is 239 Å². The molecule has 208 valence electrons. The van der Waals surface area contributed by atoms with E-state index in [9.17, 15) is 22.8 Å². The number of hydrogen-bond acceptors (Lipinski definition) is 8. The number of amides is 1. The van der Waals surface area contributed by atoms with E-state index in [0.717, 1.165) is 4.47 Å². The van der Waals surface area contributed by atoms with Gasteiger partial charge in [0, 0.05) is 15.9 Å². The number of carbonyl (C=O) groups is 3. The largest absolute Gasteiger partial charge is 0.465 e. The molecule has 0 unspecified atom stereocenters. The van der Waals surface area contributed by atoms with Crippen molar-refractivity contribution in [1.29, 1.82) is 0 Å². The van der Waals surface area contributed by atoms with Crippen LogP contribution in [0.2, 0.25) is 0 Å². The molecule has 1 amide bonds. The number of ether oxygens (including phenoxy) is 2. The maximum Gasteiger partial charge on any atom is 0.340 e. The van der Waals surface area contributed by atoms with Gasteiger partial charge in [-0.05, 0) is 80.6 Å². The fraction of sp³-hybridized carbons (Fsp3) is 0.179. The fourth-order valence-corrected chi connectivity index (χ4v) is 5.28. The third-order valence-corrected chi connectivity index (χ3v) is 7.90. The van der Waals surface area contributed by atoms with Crippen LogP contribution in [0, 0.1) is 0 Å². The van der Waals surface area contributed by atoms with Crippen LogP contribution >= 0.6 is 15.9 Å². The minimum Gasteiger partial charge on any atom is -0.465 e. The molecule has 1 N–H and O–H groups in total. The quantitative estimate of drug-likeness (QED) is 0.269. The Morgan fingerprint density at radius 2 is 1.70 bits per heavy atom. The molecule has 10 nitrogen and oxygen atoms in total. The number of furan rings is 1. The number of sulfonamides is 1. The summed E-state index contributed by atoms with van der Waals surface area (Å²) in [4.78, 5) is 39.6. The smallest absolute Gasteiger partial charge is 0.340 e. The summed E-state index contributed by atoms with van der Waals surface area (Å²) < 4.78 is 44.0. The highest BCUT2D eigenvalue weighted by molar-refractivity contribution is 9.10. The summed E-state index contributed by atoms with van der Waals surface area (Å²) >= 11 is 3.27. The van der Waals surface area contributed by atoms with Crippen LogP contribution < -0.4 is 9.62 Å². The molecule has 12 heteroatoms. The van der Waals surface area contributed by atoms with Crippen LogP contribution in [-0.4, -0.2) is 40.0 Å². The summed E-state index contributed by atoms with van der Waals surface area (Å²) in [6, 6.07) is 15.5. The average Bonchev–Trinajstić information content (AvgIpc) is 3.49. The van der Waals surface area contributed by atoms with Crippen molar-refractivity contribution >= 4 is 55.6 Å². The Hall–Kier alpha value is -4.00. The average molecular weight is 629 g/mol. The van der Waals surface area contributed by atoms with E-state index in [4.69, 9.17) is 13.9 Å². The van der Waals surface area contributed by atoms with Gasteiger partial charge in [0.1, 0.15) is 11.5 Å². The molecule has 0 radical (unpaired) electrons. The first kappa shape index (κ1) is 29.0. The number of methoxy groups -OCH3 is 1. The predicted molar refractivity (Wildman–Crippen MR) is 149 cm³/mol. The van der Waals surface area contributed by atoms with Crippen molar-refractivity contribution in [3.8, 4) is 0 Å². The van der Waals surface area contributed by atoms with Crippen LogP contribution in [0.5, 0.6) is 0 Å². The normalized spacial score (nSPS) is 14.7. The van der Waals surface area contributed by atoms with E-state index in [2.05, 4.69) is 20.7 Å². The second kappa shape index (κ2) is 12.0. The van der Waals surface area contributed by atoms with Gasteiger partial charge in [-0.15, -0.1) is 0 Å². The summed E-state index contributed by atoms with van der Waals surface area (Å²) in [6.45, 7) is 3.41. The molecule has 2 heterocycles. The molecular weight excluding hydrogens is 604 g/mol. The van der Waals surface area contributed by atoms with Gasteiger partial charge in [-0.1, -0.05) is 15.9 Å². The van der Waals surface area contributed by atoms with E-state index in [-0.39, 0.29) is 35.0 Å². The molecule has 0 aliphatic carbocycles. The Morgan fingerprint density at radius 3 is 2.33 bits per heavy atom. The van der Waals surface area contributed by atoms with Crippen molar-refractivity contribution < 1.29 is 36.7 Å². The lowest BCUT2D eigenvalue weighted by molar-refractivity contribution is -0.136. The molecule has 0 atom stereocenters. The van der Waals surface area contributed by atoms with Gasteiger partial charge in [-0.2, -0.15) is 0 Å². The third-order valence-electron chi connectivity index (χ3n) is 5.96. The van der Waals surface area contributed by atoms with Crippen LogP contribution in [0.15, 0.2) is 91.3 Å². The Bertz CT molecular complexity index is 1620. The molecule has 1 aromatic heterocycles. The monoisotopic (exact) mass is 628 g/mol. The maximum absolute atomic E-state index is 13.5. The maximum atomic E-state index is 13.5. The molecule has 4 rings (SSSR count). The van der Waals surface area contributed by atoms with Gasteiger partial charge < -0.3 is 13.9 Å². The number of allylic oxidation sites excluding steroid dienone is 1. The zero-order valence-corrected chi connectivity index (χ0v) is 24.2. The first-order chi connectivity index (χ1) is 19.1. The molecule has 0 saturated heterocycles. The minimum absolute atomic E-state index is 0.0372. The van der Waals surface area contributed by atoms with Crippen molar-refractivity contribution in [3.63, 3.8) is 0 Å². The number of nitrogens with zero attached hydrogens (tertiary/aromatic N) is 1.